The first kappa shape index (κ1) is 17.9. The fourth-order valence-corrected chi connectivity index (χ4v) is 4.22. The van der Waals surface area contributed by atoms with Gasteiger partial charge >= 0.3 is 0 Å². The van der Waals surface area contributed by atoms with Gasteiger partial charge in [-0.1, -0.05) is 72.4 Å². The summed E-state index contributed by atoms with van der Waals surface area (Å²) in [7, 11) is 3.69. The molecular formula is C18H21ClN2OS. The van der Waals surface area contributed by atoms with Crippen LogP contribution in [0.3, 0.4) is 0 Å². The standard InChI is InChI=1S/C18H20N2OS.ClH/c1-19-17-20(2)18(21,13-22-17)16(14-9-5-3-6-10-14)15-11-7-4-8-12-15;/h3-12,16,21H,13H2,1-2H3;1H/b19-17+;. The number of thioether (sulfide) groups is 1. The van der Waals surface area contributed by atoms with Crippen molar-refractivity contribution in [1.29, 1.82) is 0 Å². The Balaban J connectivity index is 0.00000192. The van der Waals surface area contributed by atoms with Crippen LogP contribution < -0.4 is 0 Å². The molecule has 122 valence electrons. The van der Waals surface area contributed by atoms with E-state index in [0.717, 1.165) is 16.3 Å². The second-order valence-corrected chi connectivity index (χ2v) is 6.43. The molecular weight excluding hydrogens is 328 g/mol. The second-order valence-electron chi connectivity index (χ2n) is 5.49. The van der Waals surface area contributed by atoms with Gasteiger partial charge in [0.2, 0.25) is 0 Å². The van der Waals surface area contributed by atoms with Crippen LogP contribution in [0.4, 0.5) is 0 Å². The Hall–Kier alpha value is -1.49. The summed E-state index contributed by atoms with van der Waals surface area (Å²) in [6.45, 7) is 0. The predicted octanol–water partition coefficient (Wildman–Crippen LogP) is 3.59. The number of hydrogen-bond donors (Lipinski definition) is 1. The van der Waals surface area contributed by atoms with E-state index in [4.69, 9.17) is 0 Å². The fourth-order valence-electron chi connectivity index (χ4n) is 3.04. The van der Waals surface area contributed by atoms with E-state index in [1.807, 2.05) is 48.3 Å². The van der Waals surface area contributed by atoms with Crippen molar-refractivity contribution >= 4 is 29.3 Å². The lowest BCUT2D eigenvalue weighted by atomic mass is 9.82. The normalized spacial score (nSPS) is 22.4. The summed E-state index contributed by atoms with van der Waals surface area (Å²) < 4.78 is 0. The quantitative estimate of drug-likeness (QED) is 0.920. The maximum Gasteiger partial charge on any atom is 0.161 e. The van der Waals surface area contributed by atoms with Crippen LogP contribution >= 0.6 is 24.2 Å². The molecule has 1 unspecified atom stereocenters. The molecule has 5 heteroatoms. The van der Waals surface area contributed by atoms with Crippen LogP contribution in [0.15, 0.2) is 65.7 Å². The Bertz CT molecular complexity index is 626. The maximum absolute atomic E-state index is 11.5. The van der Waals surface area contributed by atoms with Crippen LogP contribution in [0.5, 0.6) is 0 Å². The molecule has 1 aliphatic heterocycles. The maximum atomic E-state index is 11.5. The molecule has 0 saturated carbocycles. The zero-order valence-electron chi connectivity index (χ0n) is 13.2. The molecule has 1 fully saturated rings. The van der Waals surface area contributed by atoms with E-state index in [1.54, 1.807) is 18.8 Å². The van der Waals surface area contributed by atoms with Crippen LogP contribution in [0, 0.1) is 0 Å². The summed E-state index contributed by atoms with van der Waals surface area (Å²) >= 11 is 1.60. The van der Waals surface area contributed by atoms with Crippen molar-refractivity contribution in [1.82, 2.24) is 4.90 Å². The average Bonchev–Trinajstić information content (AvgIpc) is 2.85. The van der Waals surface area contributed by atoms with Gasteiger partial charge in [0.1, 0.15) is 0 Å². The molecule has 0 aliphatic carbocycles. The highest BCUT2D eigenvalue weighted by atomic mass is 35.5. The van der Waals surface area contributed by atoms with Gasteiger partial charge in [-0.05, 0) is 11.1 Å². The van der Waals surface area contributed by atoms with E-state index in [2.05, 4.69) is 29.3 Å². The lowest BCUT2D eigenvalue weighted by molar-refractivity contribution is -0.0434. The number of halogens is 1. The molecule has 1 N–H and O–H groups in total. The van der Waals surface area contributed by atoms with Crippen molar-refractivity contribution in [3.8, 4) is 0 Å². The average molecular weight is 349 g/mol. The third-order valence-electron chi connectivity index (χ3n) is 4.20. The third-order valence-corrected chi connectivity index (χ3v) is 5.48. The van der Waals surface area contributed by atoms with Gasteiger partial charge in [-0.3, -0.25) is 4.99 Å². The van der Waals surface area contributed by atoms with Crippen molar-refractivity contribution < 1.29 is 5.11 Å². The molecule has 2 aromatic carbocycles. The van der Waals surface area contributed by atoms with Gasteiger partial charge < -0.3 is 10.0 Å². The highest BCUT2D eigenvalue weighted by molar-refractivity contribution is 8.14. The molecule has 1 heterocycles. The van der Waals surface area contributed by atoms with Gasteiger partial charge in [-0.15, -0.1) is 12.4 Å². The summed E-state index contributed by atoms with van der Waals surface area (Å²) in [5.41, 5.74) is 1.24. The third kappa shape index (κ3) is 3.25. The SMILES string of the molecule is C/N=C1/SCC(O)(C(c2ccccc2)c2ccccc2)N1C.Cl. The summed E-state index contributed by atoms with van der Waals surface area (Å²) in [4.78, 5) is 6.18. The Kier molecular flexibility index (Phi) is 5.74. The number of benzene rings is 2. The van der Waals surface area contributed by atoms with E-state index < -0.39 is 5.72 Å². The first-order valence-electron chi connectivity index (χ1n) is 7.32. The van der Waals surface area contributed by atoms with Crippen molar-refractivity contribution in [2.75, 3.05) is 19.8 Å². The number of nitrogens with zero attached hydrogens (tertiary/aromatic N) is 2. The number of aliphatic hydroxyl groups is 1. The summed E-state index contributed by atoms with van der Waals surface area (Å²) in [5, 5.41) is 12.3. The van der Waals surface area contributed by atoms with Crippen molar-refractivity contribution in [2.24, 2.45) is 4.99 Å². The molecule has 1 atom stereocenters. The number of rotatable bonds is 3. The smallest absolute Gasteiger partial charge is 0.161 e. The van der Waals surface area contributed by atoms with E-state index in [0.29, 0.717) is 5.75 Å². The molecule has 0 aromatic heterocycles. The van der Waals surface area contributed by atoms with E-state index in [9.17, 15) is 5.11 Å². The van der Waals surface area contributed by atoms with Crippen LogP contribution in [-0.2, 0) is 0 Å². The lowest BCUT2D eigenvalue weighted by Gasteiger charge is -2.38. The van der Waals surface area contributed by atoms with Crippen LogP contribution in [-0.4, -0.2) is 40.7 Å². The zero-order valence-corrected chi connectivity index (χ0v) is 14.8. The first-order chi connectivity index (χ1) is 10.7. The highest BCUT2D eigenvalue weighted by Crippen LogP contribution is 2.43. The predicted molar refractivity (Wildman–Crippen MR) is 101 cm³/mol. The van der Waals surface area contributed by atoms with Crippen LogP contribution in [0.25, 0.3) is 0 Å². The molecule has 3 nitrogen and oxygen atoms in total. The van der Waals surface area contributed by atoms with Crippen LogP contribution in [0.2, 0.25) is 0 Å². The van der Waals surface area contributed by atoms with Gasteiger partial charge in [0.05, 0.1) is 5.92 Å². The Morgan fingerprint density at radius 2 is 1.52 bits per heavy atom. The van der Waals surface area contributed by atoms with Gasteiger partial charge in [0.15, 0.2) is 10.9 Å². The van der Waals surface area contributed by atoms with Crippen LogP contribution in [0.1, 0.15) is 17.0 Å². The molecule has 0 amide bonds. The first-order valence-corrected chi connectivity index (χ1v) is 8.31. The summed E-state index contributed by atoms with van der Waals surface area (Å²) in [6, 6.07) is 20.4. The molecule has 0 bridgehead atoms. The summed E-state index contributed by atoms with van der Waals surface area (Å²) in [6.07, 6.45) is 0. The van der Waals surface area contributed by atoms with Gasteiger partial charge in [-0.25, -0.2) is 0 Å². The van der Waals surface area contributed by atoms with E-state index in [-0.39, 0.29) is 18.3 Å². The number of aliphatic imine (C=N–C) groups is 1. The Labute approximate surface area is 147 Å². The largest absolute Gasteiger partial charge is 0.369 e. The minimum Gasteiger partial charge on any atom is -0.369 e. The summed E-state index contributed by atoms with van der Waals surface area (Å²) in [5.74, 6) is 0.483. The topological polar surface area (TPSA) is 35.8 Å². The molecule has 2 aromatic rings. The molecule has 1 aliphatic rings. The zero-order chi connectivity index (χ0) is 15.6. The monoisotopic (exact) mass is 348 g/mol. The number of hydrogen-bond acceptors (Lipinski definition) is 3. The molecule has 0 spiro atoms. The minimum atomic E-state index is -0.984. The number of likely N-dealkylation sites (N-methyl/N-ethyl adjacent to an activating group) is 1. The van der Waals surface area contributed by atoms with Gasteiger partial charge in [0.25, 0.3) is 0 Å². The van der Waals surface area contributed by atoms with E-state index in [1.165, 1.54) is 0 Å². The second kappa shape index (κ2) is 7.39. The minimum absolute atomic E-state index is 0. The fraction of sp³-hybridized carbons (Fsp3) is 0.278. The number of amidine groups is 1. The lowest BCUT2D eigenvalue weighted by Crippen LogP contribution is -2.50. The molecule has 23 heavy (non-hydrogen) atoms. The molecule has 3 rings (SSSR count). The highest BCUT2D eigenvalue weighted by Gasteiger charge is 2.48. The Morgan fingerprint density at radius 3 is 1.91 bits per heavy atom. The van der Waals surface area contributed by atoms with Crippen molar-refractivity contribution in [3.05, 3.63) is 71.8 Å². The van der Waals surface area contributed by atoms with Crippen molar-refractivity contribution in [3.63, 3.8) is 0 Å². The van der Waals surface area contributed by atoms with E-state index >= 15 is 0 Å². The van der Waals surface area contributed by atoms with Crippen molar-refractivity contribution in [2.45, 2.75) is 11.6 Å². The molecule has 0 radical (unpaired) electrons. The molecule has 1 saturated heterocycles. The Morgan fingerprint density at radius 1 is 1.04 bits per heavy atom. The van der Waals surface area contributed by atoms with Gasteiger partial charge in [-0.2, -0.15) is 0 Å². The van der Waals surface area contributed by atoms with Gasteiger partial charge in [0, 0.05) is 19.8 Å².